The average molecular weight is 268 g/mol. The first-order valence-electron chi connectivity index (χ1n) is 3.97. The zero-order valence-electron chi connectivity index (χ0n) is 6.57. The van der Waals surface area contributed by atoms with E-state index in [9.17, 15) is 0 Å². The van der Waals surface area contributed by atoms with Crippen LogP contribution in [0.1, 0.15) is 11.5 Å². The number of rotatable bonds is 1. The Morgan fingerprint density at radius 2 is 1.67 bits per heavy atom. The first-order valence-corrected chi connectivity index (χ1v) is 5.05. The minimum Gasteiger partial charge on any atom is -0.0732 e. The van der Waals surface area contributed by atoms with Crippen molar-refractivity contribution >= 4 is 22.6 Å². The molecule has 1 heteroatoms. The molecule has 0 bridgehead atoms. The minimum atomic E-state index is 0.498. The van der Waals surface area contributed by atoms with Crippen molar-refractivity contribution in [1.82, 2.24) is 0 Å². The lowest BCUT2D eigenvalue weighted by Gasteiger charge is -2.07. The van der Waals surface area contributed by atoms with Gasteiger partial charge in [-0.05, 0) is 34.2 Å². The van der Waals surface area contributed by atoms with Gasteiger partial charge in [0, 0.05) is 9.49 Å². The first-order chi connectivity index (χ1) is 5.88. The molecular weight excluding hydrogens is 259 g/mol. The van der Waals surface area contributed by atoms with Crippen LogP contribution in [0, 0.1) is 3.57 Å². The van der Waals surface area contributed by atoms with E-state index in [0.29, 0.717) is 5.92 Å². The summed E-state index contributed by atoms with van der Waals surface area (Å²) >= 11 is 2.38. The van der Waals surface area contributed by atoms with Crippen LogP contribution in [0.25, 0.3) is 0 Å². The number of benzene rings is 1. The summed E-state index contributed by atoms with van der Waals surface area (Å²) in [5.41, 5.74) is 1.41. The van der Waals surface area contributed by atoms with E-state index < -0.39 is 0 Å². The van der Waals surface area contributed by atoms with Gasteiger partial charge in [-0.25, -0.2) is 0 Å². The molecule has 0 unspecified atom stereocenters. The van der Waals surface area contributed by atoms with Crippen molar-refractivity contribution < 1.29 is 0 Å². The van der Waals surface area contributed by atoms with Gasteiger partial charge in [-0.3, -0.25) is 0 Å². The third-order valence-electron chi connectivity index (χ3n) is 2.01. The summed E-state index contributed by atoms with van der Waals surface area (Å²) in [4.78, 5) is 0. The van der Waals surface area contributed by atoms with Crippen LogP contribution in [0.2, 0.25) is 0 Å². The Bertz CT molecular complexity index is 325. The lowest BCUT2D eigenvalue weighted by molar-refractivity contribution is 1.09. The monoisotopic (exact) mass is 268 g/mol. The van der Waals surface area contributed by atoms with Gasteiger partial charge >= 0.3 is 0 Å². The van der Waals surface area contributed by atoms with Crippen LogP contribution in [0.3, 0.4) is 0 Å². The van der Waals surface area contributed by atoms with Gasteiger partial charge in [-0.15, -0.1) is 0 Å². The number of hydrogen-bond donors (Lipinski definition) is 0. The van der Waals surface area contributed by atoms with E-state index >= 15 is 0 Å². The van der Waals surface area contributed by atoms with Gasteiger partial charge in [0.15, 0.2) is 0 Å². The second-order valence-electron chi connectivity index (χ2n) is 2.82. The van der Waals surface area contributed by atoms with Crippen LogP contribution in [0.5, 0.6) is 0 Å². The number of hydrogen-bond acceptors (Lipinski definition) is 0. The molecule has 1 aliphatic rings. The van der Waals surface area contributed by atoms with Crippen molar-refractivity contribution in [3.63, 3.8) is 0 Å². The van der Waals surface area contributed by atoms with Gasteiger partial charge in [-0.1, -0.05) is 42.5 Å². The predicted molar refractivity (Wildman–Crippen MR) is 60.2 cm³/mol. The highest BCUT2D eigenvalue weighted by Gasteiger charge is 2.08. The minimum absolute atomic E-state index is 0.498. The normalized spacial score (nSPS) is 15.8. The fraction of sp³-hybridized carbons (Fsp3) is 0.0909. The molecule has 0 fully saturated rings. The zero-order chi connectivity index (χ0) is 8.39. The summed E-state index contributed by atoms with van der Waals surface area (Å²) < 4.78 is 1.34. The van der Waals surface area contributed by atoms with Gasteiger partial charge in [0.25, 0.3) is 0 Å². The van der Waals surface area contributed by atoms with Crippen molar-refractivity contribution in [2.24, 2.45) is 0 Å². The maximum absolute atomic E-state index is 2.38. The number of halogens is 1. The molecule has 1 aromatic carbocycles. The molecular formula is C11H9I. The highest BCUT2D eigenvalue weighted by molar-refractivity contribution is 14.1. The summed E-state index contributed by atoms with van der Waals surface area (Å²) in [6.07, 6.45) is 8.65. The fourth-order valence-electron chi connectivity index (χ4n) is 1.38. The zero-order valence-corrected chi connectivity index (χ0v) is 8.73. The molecule has 0 amide bonds. The molecule has 0 N–H and O–H groups in total. The molecule has 0 saturated carbocycles. The van der Waals surface area contributed by atoms with Crippen LogP contribution in [-0.2, 0) is 0 Å². The second kappa shape index (κ2) is 3.44. The Kier molecular flexibility index (Phi) is 2.30. The molecule has 2 rings (SSSR count). The van der Waals surface area contributed by atoms with E-state index in [-0.39, 0.29) is 0 Å². The van der Waals surface area contributed by atoms with Gasteiger partial charge in [-0.2, -0.15) is 0 Å². The third kappa shape index (κ3) is 1.46. The third-order valence-corrected chi connectivity index (χ3v) is 2.99. The van der Waals surface area contributed by atoms with Gasteiger partial charge in [0.05, 0.1) is 0 Å². The second-order valence-corrected chi connectivity index (χ2v) is 3.98. The Morgan fingerprint density at radius 3 is 2.33 bits per heavy atom. The van der Waals surface area contributed by atoms with E-state index in [2.05, 4.69) is 71.2 Å². The molecule has 0 radical (unpaired) electrons. The lowest BCUT2D eigenvalue weighted by atomic mass is 10.0. The largest absolute Gasteiger partial charge is 0.0732 e. The summed E-state index contributed by atoms with van der Waals surface area (Å²) in [5, 5.41) is 0. The highest BCUT2D eigenvalue weighted by Crippen LogP contribution is 2.26. The maximum atomic E-state index is 2.38. The molecule has 0 aliphatic heterocycles. The molecule has 12 heavy (non-hydrogen) atoms. The van der Waals surface area contributed by atoms with E-state index in [1.807, 2.05) is 0 Å². The summed E-state index contributed by atoms with van der Waals surface area (Å²) in [6.45, 7) is 0. The van der Waals surface area contributed by atoms with Crippen molar-refractivity contribution in [1.29, 1.82) is 0 Å². The molecule has 0 saturated heterocycles. The quantitative estimate of drug-likeness (QED) is 0.684. The van der Waals surface area contributed by atoms with Gasteiger partial charge in [0.2, 0.25) is 0 Å². The fourth-order valence-corrected chi connectivity index (χ4v) is 2.13. The van der Waals surface area contributed by atoms with E-state index in [4.69, 9.17) is 0 Å². The van der Waals surface area contributed by atoms with Gasteiger partial charge in [0.1, 0.15) is 0 Å². The van der Waals surface area contributed by atoms with Crippen LogP contribution in [0.15, 0.2) is 48.6 Å². The highest BCUT2D eigenvalue weighted by atomic mass is 127. The first kappa shape index (κ1) is 8.05. The topological polar surface area (TPSA) is 0 Å². The van der Waals surface area contributed by atoms with Crippen LogP contribution in [0.4, 0.5) is 0 Å². The standard InChI is InChI=1S/C11H9I/c12-11-8-4-3-7-10(11)9-5-1-2-6-9/h1-9H. The summed E-state index contributed by atoms with van der Waals surface area (Å²) in [5.74, 6) is 0.498. The van der Waals surface area contributed by atoms with Crippen molar-refractivity contribution in [3.05, 3.63) is 57.7 Å². The van der Waals surface area contributed by atoms with Crippen molar-refractivity contribution in [2.75, 3.05) is 0 Å². The Labute approximate surface area is 86.1 Å². The summed E-state index contributed by atoms with van der Waals surface area (Å²) in [6, 6.07) is 8.51. The van der Waals surface area contributed by atoms with Crippen molar-refractivity contribution in [2.45, 2.75) is 5.92 Å². The molecule has 0 atom stereocenters. The molecule has 0 aromatic heterocycles. The lowest BCUT2D eigenvalue weighted by Crippen LogP contribution is -1.91. The van der Waals surface area contributed by atoms with Crippen LogP contribution >= 0.6 is 22.6 Å². The average Bonchev–Trinajstić information content (AvgIpc) is 2.57. The summed E-state index contributed by atoms with van der Waals surface area (Å²) in [7, 11) is 0. The van der Waals surface area contributed by atoms with E-state index in [1.54, 1.807) is 0 Å². The molecule has 1 aliphatic carbocycles. The Hall–Kier alpha value is -0.570. The SMILES string of the molecule is Ic1ccccc1C1C=CC=C1. The number of allylic oxidation sites excluding steroid dienone is 4. The molecule has 1 aromatic rings. The van der Waals surface area contributed by atoms with Gasteiger partial charge < -0.3 is 0 Å². The predicted octanol–water partition coefficient (Wildman–Crippen LogP) is 3.50. The Balaban J connectivity index is 2.39. The van der Waals surface area contributed by atoms with E-state index in [0.717, 1.165) is 0 Å². The maximum Gasteiger partial charge on any atom is 0.0215 e. The van der Waals surface area contributed by atoms with Crippen LogP contribution in [-0.4, -0.2) is 0 Å². The molecule has 0 spiro atoms. The van der Waals surface area contributed by atoms with Crippen LogP contribution < -0.4 is 0 Å². The molecule has 0 nitrogen and oxygen atoms in total. The smallest absolute Gasteiger partial charge is 0.0215 e. The van der Waals surface area contributed by atoms with Crippen molar-refractivity contribution in [3.8, 4) is 0 Å². The molecule has 0 heterocycles. The Morgan fingerprint density at radius 1 is 1.00 bits per heavy atom. The van der Waals surface area contributed by atoms with E-state index in [1.165, 1.54) is 9.13 Å². The molecule has 60 valence electrons.